The number of nitrogens with zero attached hydrogens (tertiary/aromatic N) is 2. The summed E-state index contributed by atoms with van der Waals surface area (Å²) in [5.74, 6) is -0.159. The molecule has 38 heavy (non-hydrogen) atoms. The molecule has 3 unspecified atom stereocenters. The van der Waals surface area contributed by atoms with Crippen LogP contribution in [0.5, 0.6) is 0 Å². The average Bonchev–Trinajstić information content (AvgIpc) is 3.30. The maximum Gasteiger partial charge on any atom is 0.351 e. The van der Waals surface area contributed by atoms with E-state index in [0.29, 0.717) is 0 Å². The fourth-order valence-corrected chi connectivity index (χ4v) is 4.89. The van der Waals surface area contributed by atoms with Gasteiger partial charge < -0.3 is 19.9 Å². The van der Waals surface area contributed by atoms with Crippen molar-refractivity contribution in [3.05, 3.63) is 130 Å². The van der Waals surface area contributed by atoms with Crippen molar-refractivity contribution < 1.29 is 19.4 Å². The number of hydrogen-bond donors (Lipinski definition) is 2. The highest BCUT2D eigenvalue weighted by molar-refractivity contribution is 5.87. The highest BCUT2D eigenvalue weighted by atomic mass is 16.6. The Balaban J connectivity index is 1.45. The summed E-state index contributed by atoms with van der Waals surface area (Å²) in [4.78, 5) is 27.8. The summed E-state index contributed by atoms with van der Waals surface area (Å²) in [6.07, 6.45) is -0.558. The third kappa shape index (κ3) is 5.15. The Morgan fingerprint density at radius 1 is 0.974 bits per heavy atom. The number of anilines is 1. The first-order valence-corrected chi connectivity index (χ1v) is 12.5. The monoisotopic (exact) mass is 511 g/mol. The third-order valence-electron chi connectivity index (χ3n) is 6.65. The number of hydrogen-bond acceptors (Lipinski definition) is 6. The Labute approximate surface area is 220 Å². The number of carbonyl (C=O) groups excluding carboxylic acids is 1. The SMILES string of the molecule is CC(=O)Nc1ccn(C2CC(O)C(COC(c3ccccc3)(c3ccccc3)c3ccccc3)O2)c(=O)n1. The number of benzene rings is 3. The van der Waals surface area contributed by atoms with Crippen molar-refractivity contribution in [1.29, 1.82) is 0 Å². The molecule has 4 aromatic rings. The second kappa shape index (κ2) is 11.1. The van der Waals surface area contributed by atoms with Crippen LogP contribution in [0.3, 0.4) is 0 Å². The van der Waals surface area contributed by atoms with Gasteiger partial charge in [-0.25, -0.2) is 4.79 Å². The van der Waals surface area contributed by atoms with Crippen LogP contribution in [0, 0.1) is 0 Å². The Morgan fingerprint density at radius 2 is 1.50 bits per heavy atom. The van der Waals surface area contributed by atoms with E-state index >= 15 is 0 Å². The summed E-state index contributed by atoms with van der Waals surface area (Å²) < 4.78 is 14.2. The minimum absolute atomic E-state index is 0.0719. The van der Waals surface area contributed by atoms with Crippen LogP contribution in [0.25, 0.3) is 0 Å². The molecule has 5 rings (SSSR count). The molecule has 0 radical (unpaired) electrons. The fourth-order valence-electron chi connectivity index (χ4n) is 4.89. The number of ether oxygens (including phenoxy) is 2. The van der Waals surface area contributed by atoms with E-state index < -0.39 is 29.7 Å². The summed E-state index contributed by atoms with van der Waals surface area (Å²) in [6, 6.07) is 31.4. The van der Waals surface area contributed by atoms with Gasteiger partial charge in [0.2, 0.25) is 5.91 Å². The van der Waals surface area contributed by atoms with E-state index in [-0.39, 0.29) is 24.8 Å². The van der Waals surface area contributed by atoms with E-state index in [4.69, 9.17) is 9.47 Å². The maximum atomic E-state index is 12.6. The molecule has 8 nitrogen and oxygen atoms in total. The molecule has 3 atom stereocenters. The van der Waals surface area contributed by atoms with Crippen molar-refractivity contribution in [2.24, 2.45) is 0 Å². The van der Waals surface area contributed by atoms with E-state index in [1.54, 1.807) is 0 Å². The molecular weight excluding hydrogens is 482 g/mol. The van der Waals surface area contributed by atoms with Crippen LogP contribution < -0.4 is 11.0 Å². The van der Waals surface area contributed by atoms with Gasteiger partial charge in [0.05, 0.1) is 12.7 Å². The zero-order chi connectivity index (χ0) is 26.5. The molecular formula is C30H29N3O5. The molecule has 3 aromatic carbocycles. The van der Waals surface area contributed by atoms with Crippen molar-refractivity contribution in [3.63, 3.8) is 0 Å². The zero-order valence-electron chi connectivity index (χ0n) is 20.9. The number of aromatic nitrogens is 2. The molecule has 0 spiro atoms. The molecule has 0 saturated carbocycles. The fraction of sp³-hybridized carbons (Fsp3) is 0.233. The van der Waals surface area contributed by atoms with Crippen molar-refractivity contribution in [2.75, 3.05) is 11.9 Å². The number of amides is 1. The first-order valence-electron chi connectivity index (χ1n) is 12.5. The molecule has 2 N–H and O–H groups in total. The van der Waals surface area contributed by atoms with Gasteiger partial charge in [-0.05, 0) is 22.8 Å². The first kappa shape index (κ1) is 25.5. The van der Waals surface area contributed by atoms with Crippen LogP contribution in [-0.2, 0) is 19.9 Å². The highest BCUT2D eigenvalue weighted by Crippen LogP contribution is 2.41. The van der Waals surface area contributed by atoms with Gasteiger partial charge in [0.25, 0.3) is 0 Å². The summed E-state index contributed by atoms with van der Waals surface area (Å²) in [7, 11) is 0. The smallest absolute Gasteiger partial charge is 0.351 e. The minimum atomic E-state index is -0.955. The Kier molecular flexibility index (Phi) is 7.46. The van der Waals surface area contributed by atoms with E-state index in [0.717, 1.165) is 16.7 Å². The molecule has 2 heterocycles. The quantitative estimate of drug-likeness (QED) is 0.348. The molecule has 0 aliphatic carbocycles. The van der Waals surface area contributed by atoms with Gasteiger partial charge in [-0.1, -0.05) is 91.0 Å². The van der Waals surface area contributed by atoms with Gasteiger partial charge in [0, 0.05) is 19.5 Å². The summed E-state index contributed by atoms with van der Waals surface area (Å²) in [5.41, 5.74) is 1.28. The van der Waals surface area contributed by atoms with Crippen molar-refractivity contribution in [1.82, 2.24) is 9.55 Å². The molecule has 8 heteroatoms. The second-order valence-corrected chi connectivity index (χ2v) is 9.21. The van der Waals surface area contributed by atoms with Crippen LogP contribution in [-0.4, -0.2) is 39.4 Å². The largest absolute Gasteiger partial charge is 0.390 e. The zero-order valence-corrected chi connectivity index (χ0v) is 20.9. The number of rotatable bonds is 8. The average molecular weight is 512 g/mol. The molecule has 1 aliphatic rings. The topological polar surface area (TPSA) is 103 Å². The van der Waals surface area contributed by atoms with Crippen molar-refractivity contribution >= 4 is 11.7 Å². The van der Waals surface area contributed by atoms with E-state index in [1.165, 1.54) is 23.8 Å². The Morgan fingerprint density at radius 3 is 1.97 bits per heavy atom. The van der Waals surface area contributed by atoms with Gasteiger partial charge in [-0.3, -0.25) is 9.36 Å². The summed E-state index contributed by atoms with van der Waals surface area (Å²) in [6.45, 7) is 1.41. The highest BCUT2D eigenvalue weighted by Gasteiger charge is 2.41. The molecule has 1 saturated heterocycles. The molecule has 1 aliphatic heterocycles. The van der Waals surface area contributed by atoms with Crippen molar-refractivity contribution in [2.45, 2.75) is 37.4 Å². The third-order valence-corrected chi connectivity index (χ3v) is 6.65. The molecule has 1 amide bonds. The first-order chi connectivity index (χ1) is 18.5. The second-order valence-electron chi connectivity index (χ2n) is 9.21. The standard InChI is InChI=1S/C30H29N3O5/c1-21(34)31-27-17-18-33(29(36)32-27)28-19-25(35)26(38-28)20-37-30(22-11-5-2-6-12-22,23-13-7-3-8-14-23)24-15-9-4-10-16-24/h2-18,25-26,28,35H,19-20H2,1H3,(H,31,32,34,36). The van der Waals surface area contributed by atoms with Gasteiger partial charge in [-0.2, -0.15) is 4.98 Å². The predicted molar refractivity (Wildman–Crippen MR) is 142 cm³/mol. The normalized spacial score (nSPS) is 19.3. The van der Waals surface area contributed by atoms with Crippen LogP contribution in [0.15, 0.2) is 108 Å². The lowest BCUT2D eigenvalue weighted by molar-refractivity contribution is -0.114. The number of aliphatic hydroxyl groups excluding tert-OH is 1. The van der Waals surface area contributed by atoms with Crippen LogP contribution in [0.4, 0.5) is 5.82 Å². The summed E-state index contributed by atoms with van der Waals surface area (Å²) in [5, 5.41) is 13.4. The van der Waals surface area contributed by atoms with E-state index in [2.05, 4.69) is 10.3 Å². The summed E-state index contributed by atoms with van der Waals surface area (Å²) >= 11 is 0. The Hall–Kier alpha value is -4.11. The lowest BCUT2D eigenvalue weighted by Crippen LogP contribution is -2.38. The number of nitrogens with one attached hydrogen (secondary N) is 1. The van der Waals surface area contributed by atoms with Gasteiger partial charge in [-0.15, -0.1) is 0 Å². The molecule has 194 valence electrons. The molecule has 1 fully saturated rings. The molecule has 1 aromatic heterocycles. The number of aliphatic hydroxyl groups is 1. The van der Waals surface area contributed by atoms with Gasteiger partial charge in [0.1, 0.15) is 23.8 Å². The number of carbonyl (C=O) groups is 1. The van der Waals surface area contributed by atoms with E-state index in [9.17, 15) is 14.7 Å². The van der Waals surface area contributed by atoms with Crippen LogP contribution in [0.1, 0.15) is 36.3 Å². The molecule has 0 bridgehead atoms. The van der Waals surface area contributed by atoms with Crippen LogP contribution in [0.2, 0.25) is 0 Å². The maximum absolute atomic E-state index is 12.6. The lowest BCUT2D eigenvalue weighted by atomic mass is 9.80. The van der Waals surface area contributed by atoms with E-state index in [1.807, 2.05) is 91.0 Å². The van der Waals surface area contributed by atoms with Gasteiger partial charge >= 0.3 is 5.69 Å². The Bertz CT molecular complexity index is 1330. The minimum Gasteiger partial charge on any atom is -0.390 e. The van der Waals surface area contributed by atoms with Crippen LogP contribution >= 0.6 is 0 Å². The van der Waals surface area contributed by atoms with Crippen molar-refractivity contribution in [3.8, 4) is 0 Å². The van der Waals surface area contributed by atoms with Gasteiger partial charge in [0.15, 0.2) is 0 Å². The predicted octanol–water partition coefficient (Wildman–Crippen LogP) is 3.86. The lowest BCUT2D eigenvalue weighted by Gasteiger charge is -2.37.